The molecule has 3 aromatic carbocycles. The fraction of sp³-hybridized carbons (Fsp3) is 0.111. The molecular formula is C27H20Cl2N2O6. The van der Waals surface area contributed by atoms with Crippen molar-refractivity contribution in [2.24, 2.45) is 0 Å². The molecule has 0 aliphatic carbocycles. The molecule has 0 bridgehead atoms. The Morgan fingerprint density at radius 2 is 1.62 bits per heavy atom. The van der Waals surface area contributed by atoms with Crippen LogP contribution in [-0.2, 0) is 16.0 Å². The maximum atomic E-state index is 13.1. The third kappa shape index (κ3) is 5.99. The first-order chi connectivity index (χ1) is 17.6. The molecule has 1 aromatic heterocycles. The van der Waals surface area contributed by atoms with Gasteiger partial charge in [0.15, 0.2) is 0 Å². The summed E-state index contributed by atoms with van der Waals surface area (Å²) in [6.45, 7) is 0. The van der Waals surface area contributed by atoms with Gasteiger partial charge in [-0.25, -0.2) is 14.6 Å². The van der Waals surface area contributed by atoms with Gasteiger partial charge < -0.3 is 20.3 Å². The number of halogens is 2. The predicted octanol–water partition coefficient (Wildman–Crippen LogP) is 5.13. The van der Waals surface area contributed by atoms with Gasteiger partial charge in [0, 0.05) is 21.9 Å². The molecule has 0 saturated heterocycles. The van der Waals surface area contributed by atoms with Crippen LogP contribution in [-0.4, -0.2) is 46.2 Å². The molecule has 1 heterocycles. The average Bonchev–Trinajstić information content (AvgIpc) is 2.87. The third-order valence-corrected chi connectivity index (χ3v) is 6.07. The van der Waals surface area contributed by atoms with Crippen LogP contribution in [0.5, 0.6) is 5.75 Å². The second-order valence-corrected chi connectivity index (χ2v) is 9.04. The van der Waals surface area contributed by atoms with Crippen LogP contribution < -0.4 is 5.32 Å². The first-order valence-corrected chi connectivity index (χ1v) is 11.7. The Labute approximate surface area is 221 Å². The molecule has 0 aliphatic rings. The van der Waals surface area contributed by atoms with Gasteiger partial charge in [-0.05, 0) is 65.2 Å². The van der Waals surface area contributed by atoms with Gasteiger partial charge in [-0.2, -0.15) is 0 Å². The second kappa shape index (κ2) is 10.9. The molecule has 188 valence electrons. The number of carbonyl (C=O) groups is 3. The minimum absolute atomic E-state index is 0.0607. The zero-order valence-electron chi connectivity index (χ0n) is 19.4. The molecule has 10 heteroatoms. The smallest absolute Gasteiger partial charge is 0.336 e. The molecule has 37 heavy (non-hydrogen) atoms. The summed E-state index contributed by atoms with van der Waals surface area (Å²) in [5.74, 6) is -2.63. The zero-order valence-corrected chi connectivity index (χ0v) is 20.9. The van der Waals surface area contributed by atoms with Gasteiger partial charge in [-0.3, -0.25) is 4.79 Å². The van der Waals surface area contributed by atoms with E-state index in [0.29, 0.717) is 32.1 Å². The van der Waals surface area contributed by atoms with Crippen molar-refractivity contribution < 1.29 is 29.3 Å². The molecule has 4 aromatic rings. The van der Waals surface area contributed by atoms with Crippen LogP contribution in [0.1, 0.15) is 26.4 Å². The highest BCUT2D eigenvalue weighted by Gasteiger charge is 2.25. The van der Waals surface area contributed by atoms with E-state index in [-0.39, 0.29) is 28.9 Å². The molecule has 1 atom stereocenters. The number of benzene rings is 3. The Hall–Kier alpha value is -4.14. The molecule has 0 radical (unpaired) electrons. The number of ether oxygens (including phenoxy) is 1. The van der Waals surface area contributed by atoms with Crippen LogP contribution in [0.15, 0.2) is 66.7 Å². The Morgan fingerprint density at radius 3 is 2.24 bits per heavy atom. The molecule has 1 amide bonds. The monoisotopic (exact) mass is 538 g/mol. The third-order valence-electron chi connectivity index (χ3n) is 5.63. The van der Waals surface area contributed by atoms with E-state index in [2.05, 4.69) is 10.3 Å². The van der Waals surface area contributed by atoms with Crippen LogP contribution in [0, 0.1) is 0 Å². The van der Waals surface area contributed by atoms with Crippen molar-refractivity contribution in [2.45, 2.75) is 12.5 Å². The van der Waals surface area contributed by atoms with E-state index < -0.39 is 23.9 Å². The first kappa shape index (κ1) is 25.9. The van der Waals surface area contributed by atoms with Gasteiger partial charge in [0.1, 0.15) is 17.5 Å². The van der Waals surface area contributed by atoms with E-state index in [9.17, 15) is 24.6 Å². The lowest BCUT2D eigenvalue weighted by Crippen LogP contribution is -2.43. The number of carboxylic acids is 1. The number of aromatic hydroxyl groups is 1. The lowest BCUT2D eigenvalue weighted by Gasteiger charge is -2.17. The Kier molecular flexibility index (Phi) is 7.61. The van der Waals surface area contributed by atoms with Crippen LogP contribution >= 0.6 is 23.2 Å². The number of rotatable bonds is 7. The van der Waals surface area contributed by atoms with Crippen LogP contribution in [0.2, 0.25) is 10.0 Å². The van der Waals surface area contributed by atoms with Crippen molar-refractivity contribution in [1.29, 1.82) is 0 Å². The summed E-state index contributed by atoms with van der Waals surface area (Å²) in [5, 5.41) is 23.1. The number of phenolic OH excluding ortho intramolecular Hbond substituents is 1. The van der Waals surface area contributed by atoms with Crippen molar-refractivity contribution in [3.05, 3.63) is 93.6 Å². The van der Waals surface area contributed by atoms with Crippen LogP contribution in [0.3, 0.4) is 0 Å². The normalized spacial score (nSPS) is 11.6. The van der Waals surface area contributed by atoms with Crippen LogP contribution in [0.25, 0.3) is 22.0 Å². The number of hydrogen-bond acceptors (Lipinski definition) is 6. The van der Waals surface area contributed by atoms with E-state index in [1.54, 1.807) is 48.5 Å². The number of nitrogens with zero attached hydrogens (tertiary/aromatic N) is 1. The summed E-state index contributed by atoms with van der Waals surface area (Å²) in [5.41, 5.74) is 1.97. The summed E-state index contributed by atoms with van der Waals surface area (Å²) in [7, 11) is 1.19. The number of carboxylic acid groups (broad SMARTS) is 1. The fourth-order valence-electron chi connectivity index (χ4n) is 3.85. The molecule has 3 N–H and O–H groups in total. The van der Waals surface area contributed by atoms with Crippen molar-refractivity contribution in [3.63, 3.8) is 0 Å². The summed E-state index contributed by atoms with van der Waals surface area (Å²) >= 11 is 12.2. The van der Waals surface area contributed by atoms with Gasteiger partial charge >= 0.3 is 11.9 Å². The summed E-state index contributed by atoms with van der Waals surface area (Å²) < 4.78 is 4.81. The Morgan fingerprint density at radius 1 is 0.946 bits per heavy atom. The number of pyridine rings is 1. The molecule has 0 saturated carbocycles. The number of fused-ring (bicyclic) bond motifs is 1. The highest BCUT2D eigenvalue weighted by Crippen LogP contribution is 2.30. The number of aromatic carboxylic acids is 1. The second-order valence-electron chi connectivity index (χ2n) is 8.17. The summed E-state index contributed by atoms with van der Waals surface area (Å²) in [4.78, 5) is 41.8. The summed E-state index contributed by atoms with van der Waals surface area (Å²) in [6.07, 6.45) is 0.0869. The minimum atomic E-state index is -1.25. The minimum Gasteiger partial charge on any atom is -0.508 e. The summed E-state index contributed by atoms with van der Waals surface area (Å²) in [6, 6.07) is 16.2. The molecule has 0 spiro atoms. The number of hydrogen-bond donors (Lipinski definition) is 3. The number of amides is 1. The quantitative estimate of drug-likeness (QED) is 0.278. The molecule has 0 fully saturated rings. The topological polar surface area (TPSA) is 126 Å². The first-order valence-electron chi connectivity index (χ1n) is 11.0. The maximum Gasteiger partial charge on any atom is 0.336 e. The number of phenols is 1. The SMILES string of the molecule is COC(=O)[C@H](Cc1ccc(O)cc1)NC(=O)c1cc(C(=O)O)c2cc(-c3cc(Cl)cc(Cl)c3)ccc2n1. The number of carbonyl (C=O) groups excluding carboxylic acids is 2. The van der Waals surface area contributed by atoms with E-state index in [1.807, 2.05) is 0 Å². The predicted molar refractivity (Wildman–Crippen MR) is 139 cm³/mol. The zero-order chi connectivity index (χ0) is 26.7. The average molecular weight is 539 g/mol. The van der Waals surface area contributed by atoms with E-state index >= 15 is 0 Å². The number of esters is 1. The Bertz CT molecular complexity index is 1500. The van der Waals surface area contributed by atoms with Crippen molar-refractivity contribution in [2.75, 3.05) is 7.11 Å². The van der Waals surface area contributed by atoms with Gasteiger partial charge in [0.25, 0.3) is 5.91 Å². The van der Waals surface area contributed by atoms with E-state index in [0.717, 1.165) is 6.07 Å². The standard InChI is InChI=1S/C27H20Cl2N2O6/c1-37-27(36)24(8-14-2-5-19(32)6-3-14)31-25(33)23-13-21(26(34)35)20-11-15(4-7-22(20)30-23)16-9-17(28)12-18(29)10-16/h2-7,9-13,24,32H,8H2,1H3,(H,31,33)(H,34,35)/t24-/m0/s1. The molecule has 0 unspecified atom stereocenters. The van der Waals surface area contributed by atoms with Crippen molar-refractivity contribution in [3.8, 4) is 16.9 Å². The molecule has 8 nitrogen and oxygen atoms in total. The van der Waals surface area contributed by atoms with Crippen molar-refractivity contribution >= 4 is 52.0 Å². The number of methoxy groups -OCH3 is 1. The highest BCUT2D eigenvalue weighted by atomic mass is 35.5. The molecular weight excluding hydrogens is 519 g/mol. The highest BCUT2D eigenvalue weighted by molar-refractivity contribution is 6.35. The molecule has 4 rings (SSSR count). The van der Waals surface area contributed by atoms with Gasteiger partial charge in [0.05, 0.1) is 18.2 Å². The van der Waals surface area contributed by atoms with E-state index in [4.69, 9.17) is 27.9 Å². The van der Waals surface area contributed by atoms with Gasteiger partial charge in [0.2, 0.25) is 0 Å². The van der Waals surface area contributed by atoms with Crippen LogP contribution in [0.4, 0.5) is 0 Å². The van der Waals surface area contributed by atoms with Crippen molar-refractivity contribution in [1.82, 2.24) is 10.3 Å². The lowest BCUT2D eigenvalue weighted by atomic mass is 10.00. The fourth-order valence-corrected chi connectivity index (χ4v) is 4.38. The number of nitrogens with one attached hydrogen (secondary N) is 1. The Balaban J connectivity index is 1.68. The lowest BCUT2D eigenvalue weighted by molar-refractivity contribution is -0.142. The van der Waals surface area contributed by atoms with Gasteiger partial charge in [-0.1, -0.05) is 41.4 Å². The number of aromatic nitrogens is 1. The van der Waals surface area contributed by atoms with E-state index in [1.165, 1.54) is 19.2 Å². The largest absolute Gasteiger partial charge is 0.508 e. The van der Waals surface area contributed by atoms with Gasteiger partial charge in [-0.15, -0.1) is 0 Å². The molecule has 0 aliphatic heterocycles. The maximum absolute atomic E-state index is 13.1.